The Morgan fingerprint density at radius 3 is 2.29 bits per heavy atom. The summed E-state index contributed by atoms with van der Waals surface area (Å²) in [7, 11) is 1.23. The molecule has 0 amide bonds. The van der Waals surface area contributed by atoms with Crippen LogP contribution in [0.25, 0.3) is 0 Å². The highest BCUT2D eigenvalue weighted by Crippen LogP contribution is 2.00. The molecule has 0 saturated carbocycles. The van der Waals surface area contributed by atoms with E-state index in [4.69, 9.17) is 0 Å². The lowest BCUT2D eigenvalue weighted by molar-refractivity contribution is 0.850. The zero-order chi connectivity index (χ0) is 5.70. The van der Waals surface area contributed by atoms with Gasteiger partial charge in [-0.15, -0.1) is 0 Å². The van der Waals surface area contributed by atoms with E-state index < -0.39 is 0 Å². The molecule has 0 aromatic rings. The minimum atomic E-state index is 0.515. The Morgan fingerprint density at radius 1 is 1.57 bits per heavy atom. The third-order valence-electron chi connectivity index (χ3n) is 0.454. The lowest BCUT2D eigenvalue weighted by atomic mass is 10.4. The summed E-state index contributed by atoms with van der Waals surface area (Å²) in [5.41, 5.74) is 0. The molecule has 0 unspecified atom stereocenters. The number of nitrogens with zero attached hydrogens (tertiary/aromatic N) is 1. The molecule has 0 radical (unpaired) electrons. The first kappa shape index (κ1) is 7.10. The Morgan fingerprint density at radius 2 is 2.14 bits per heavy atom. The van der Waals surface area contributed by atoms with Crippen LogP contribution in [0.3, 0.4) is 0 Å². The van der Waals surface area contributed by atoms with Gasteiger partial charge in [-0.05, 0) is 13.8 Å². The van der Waals surface area contributed by atoms with Crippen molar-refractivity contribution in [1.29, 1.82) is 0 Å². The van der Waals surface area contributed by atoms with Gasteiger partial charge >= 0.3 is 0 Å². The molecule has 0 fully saturated rings. The van der Waals surface area contributed by atoms with E-state index in [0.717, 1.165) is 6.16 Å². The lowest BCUT2D eigenvalue weighted by Crippen LogP contribution is -1.81. The quantitative estimate of drug-likeness (QED) is 0.493. The average Bonchev–Trinajstić information content (AvgIpc) is 1.61. The van der Waals surface area contributed by atoms with Gasteiger partial charge in [0.2, 0.25) is 0 Å². The van der Waals surface area contributed by atoms with E-state index in [1.165, 1.54) is 8.37 Å². The molecule has 0 bridgehead atoms. The Kier molecular flexibility index (Phi) is 4.32. The molecule has 0 aromatic heterocycles. The fraction of sp³-hybridized carbons (Fsp3) is 1.00. The Balaban J connectivity index is 3.08. The molecule has 0 aliphatic heterocycles. The highest BCUT2D eigenvalue weighted by molar-refractivity contribution is 7.26. The van der Waals surface area contributed by atoms with E-state index in [9.17, 15) is 0 Å². The van der Waals surface area contributed by atoms with Crippen molar-refractivity contribution in [3.05, 3.63) is 0 Å². The fourth-order valence-corrected chi connectivity index (χ4v) is 0.735. The molecule has 0 aliphatic carbocycles. The van der Waals surface area contributed by atoms with E-state index in [1.807, 2.05) is 0 Å². The van der Waals surface area contributed by atoms with Crippen molar-refractivity contribution in [2.45, 2.75) is 26.8 Å². The predicted molar refractivity (Wildman–Crippen MR) is 35.0 cm³/mol. The van der Waals surface area contributed by atoms with Crippen molar-refractivity contribution in [1.82, 2.24) is 0 Å². The maximum atomic E-state index is 4.22. The van der Waals surface area contributed by atoms with Crippen molar-refractivity contribution in [3.63, 3.8) is 0 Å². The van der Waals surface area contributed by atoms with Gasteiger partial charge in [0, 0.05) is 20.6 Å². The third-order valence-corrected chi connectivity index (χ3v) is 1.36. The standard InChI is InChI=1S/C5H12NP/c1-4-7-6-5(2)3/h5H,4H2,1-3H3. The molecule has 2 heteroatoms. The normalized spacial score (nSPS) is 11.4. The topological polar surface area (TPSA) is 12.4 Å². The van der Waals surface area contributed by atoms with Crippen LogP contribution in [0.4, 0.5) is 0 Å². The van der Waals surface area contributed by atoms with Crippen molar-refractivity contribution >= 4 is 8.37 Å². The second kappa shape index (κ2) is 4.26. The summed E-state index contributed by atoms with van der Waals surface area (Å²) in [6, 6.07) is 0.515. The van der Waals surface area contributed by atoms with Crippen LogP contribution in [0.15, 0.2) is 4.74 Å². The van der Waals surface area contributed by atoms with E-state index in [0.29, 0.717) is 6.04 Å². The molecule has 0 aliphatic rings. The van der Waals surface area contributed by atoms with Crippen LogP contribution in [0.5, 0.6) is 0 Å². The molecule has 42 valence electrons. The van der Waals surface area contributed by atoms with Gasteiger partial charge in [0.1, 0.15) is 0 Å². The summed E-state index contributed by atoms with van der Waals surface area (Å²) in [5.74, 6) is 0. The molecule has 7 heavy (non-hydrogen) atoms. The molecular formula is C5H12NP. The number of rotatable bonds is 2. The number of hydrogen-bond donors (Lipinski definition) is 0. The number of hydrogen-bond acceptors (Lipinski definition) is 1. The molecule has 1 nitrogen and oxygen atoms in total. The van der Waals surface area contributed by atoms with Gasteiger partial charge in [0.05, 0.1) is 0 Å². The average molecular weight is 117 g/mol. The van der Waals surface area contributed by atoms with Crippen LogP contribution in [0.1, 0.15) is 20.8 Å². The van der Waals surface area contributed by atoms with Crippen molar-refractivity contribution < 1.29 is 0 Å². The van der Waals surface area contributed by atoms with Gasteiger partial charge in [-0.2, -0.15) is 0 Å². The largest absolute Gasteiger partial charge is 0.266 e. The molecule has 0 spiro atoms. The van der Waals surface area contributed by atoms with Crippen molar-refractivity contribution in [3.8, 4) is 0 Å². The summed E-state index contributed by atoms with van der Waals surface area (Å²) in [6.07, 6.45) is 1.15. The summed E-state index contributed by atoms with van der Waals surface area (Å²) >= 11 is 0. The molecule has 0 aromatic carbocycles. The predicted octanol–water partition coefficient (Wildman–Crippen LogP) is 2.54. The van der Waals surface area contributed by atoms with Crippen LogP contribution in [-0.2, 0) is 0 Å². The van der Waals surface area contributed by atoms with Gasteiger partial charge < -0.3 is 0 Å². The zero-order valence-corrected chi connectivity index (χ0v) is 6.07. The first-order valence-corrected chi connectivity index (χ1v) is 3.67. The maximum Gasteiger partial charge on any atom is 0.0486 e. The van der Waals surface area contributed by atoms with E-state index in [-0.39, 0.29) is 0 Å². The highest BCUT2D eigenvalue weighted by atomic mass is 31.1. The molecule has 0 atom stereocenters. The highest BCUT2D eigenvalue weighted by Gasteiger charge is 1.79. The Bertz CT molecular complexity index is 59.1. The van der Waals surface area contributed by atoms with Gasteiger partial charge in [-0.1, -0.05) is 6.92 Å². The first-order valence-electron chi connectivity index (χ1n) is 2.64. The smallest absolute Gasteiger partial charge is 0.0486 e. The van der Waals surface area contributed by atoms with Gasteiger partial charge in [0.25, 0.3) is 0 Å². The fourth-order valence-electron chi connectivity index (χ4n) is 0.245. The van der Waals surface area contributed by atoms with Crippen LogP contribution in [0.2, 0.25) is 0 Å². The summed E-state index contributed by atoms with van der Waals surface area (Å²) in [6.45, 7) is 6.33. The lowest BCUT2D eigenvalue weighted by Gasteiger charge is -1.88. The molecule has 0 heterocycles. The van der Waals surface area contributed by atoms with E-state index in [1.54, 1.807) is 0 Å². The molecule has 0 rings (SSSR count). The Labute approximate surface area is 47.0 Å². The monoisotopic (exact) mass is 117 g/mol. The van der Waals surface area contributed by atoms with Crippen LogP contribution < -0.4 is 0 Å². The van der Waals surface area contributed by atoms with Crippen molar-refractivity contribution in [2.75, 3.05) is 6.16 Å². The summed E-state index contributed by atoms with van der Waals surface area (Å²) in [5, 5.41) is 0. The van der Waals surface area contributed by atoms with Gasteiger partial charge in [-0.25, -0.2) is 0 Å². The SMILES string of the molecule is CCP=NC(C)C. The van der Waals surface area contributed by atoms with Crippen molar-refractivity contribution in [2.24, 2.45) is 4.74 Å². The van der Waals surface area contributed by atoms with Crippen LogP contribution >= 0.6 is 8.37 Å². The molecule has 0 N–H and O–H groups in total. The van der Waals surface area contributed by atoms with Crippen LogP contribution in [-0.4, -0.2) is 12.2 Å². The van der Waals surface area contributed by atoms with E-state index >= 15 is 0 Å². The summed E-state index contributed by atoms with van der Waals surface area (Å²) < 4.78 is 4.22. The van der Waals surface area contributed by atoms with Crippen LogP contribution in [0, 0.1) is 0 Å². The molecule has 0 saturated heterocycles. The second-order valence-corrected chi connectivity index (χ2v) is 2.81. The van der Waals surface area contributed by atoms with Gasteiger partial charge in [-0.3, -0.25) is 4.74 Å². The minimum absolute atomic E-state index is 0.515. The maximum absolute atomic E-state index is 4.22. The third kappa shape index (κ3) is 6.10. The minimum Gasteiger partial charge on any atom is -0.266 e. The summed E-state index contributed by atoms with van der Waals surface area (Å²) in [4.78, 5) is 0. The Hall–Kier alpha value is 0.100. The van der Waals surface area contributed by atoms with Gasteiger partial charge in [0.15, 0.2) is 0 Å². The molecular weight excluding hydrogens is 105 g/mol. The zero-order valence-electron chi connectivity index (χ0n) is 5.18. The van der Waals surface area contributed by atoms with E-state index in [2.05, 4.69) is 25.5 Å². The first-order chi connectivity index (χ1) is 3.27. The second-order valence-electron chi connectivity index (χ2n) is 1.67.